The number of likely N-dealkylation sites (tertiary alicyclic amines) is 1. The second-order valence-corrected chi connectivity index (χ2v) is 12.3. The fourth-order valence-corrected chi connectivity index (χ4v) is 7.75. The number of Topliss-reactive ketones (excluding diaryl/α,β-unsaturated/α-hetero) is 1. The summed E-state index contributed by atoms with van der Waals surface area (Å²) in [5.74, 6) is 0.637. The topological polar surface area (TPSA) is 149 Å². The highest BCUT2D eigenvalue weighted by atomic mass is 32.1. The number of aromatic nitrogens is 4. The van der Waals surface area contributed by atoms with E-state index in [0.29, 0.717) is 65.3 Å². The predicted molar refractivity (Wildman–Crippen MR) is 153 cm³/mol. The number of ketones is 1. The van der Waals surface area contributed by atoms with Crippen molar-refractivity contribution >= 4 is 27.8 Å². The second kappa shape index (κ2) is 10.3. The standard InChI is InChI=1S/C29H34N8O2S/c1-36-12-5-6-17(36)16-39-23-14-21(20-9-13-37(2)35-20)33-28(34-23)25(31)18-7-3-10-29(26(18)38)11-4-8-22-24(29)19(15-30)27(32)40-22/h9,13-14,17H,3-8,10-12,16,31-32H2,1-2H3/b25-18-/t17-,29-/m0/s1. The number of hydrogen-bond acceptors (Lipinski definition) is 10. The van der Waals surface area contributed by atoms with E-state index in [-0.39, 0.29) is 17.3 Å². The SMILES string of the molecule is CN1CCC[C@H]1COc1cc(-c2ccn(C)n2)nc(/C(N)=C2\CCC[C@@]3(CCCc4sc(N)c(C#N)c43)C2=O)n1. The number of rotatable bonds is 5. The van der Waals surface area contributed by atoms with Gasteiger partial charge in [0.2, 0.25) is 5.88 Å². The summed E-state index contributed by atoms with van der Waals surface area (Å²) in [5, 5.41) is 14.9. The third-order valence-electron chi connectivity index (χ3n) is 8.69. The number of anilines is 1. The highest BCUT2D eigenvalue weighted by molar-refractivity contribution is 7.16. The first-order valence-electron chi connectivity index (χ1n) is 13.9. The van der Waals surface area contributed by atoms with Crippen molar-refractivity contribution in [2.24, 2.45) is 12.8 Å². The van der Waals surface area contributed by atoms with Crippen molar-refractivity contribution in [1.82, 2.24) is 24.6 Å². The van der Waals surface area contributed by atoms with Gasteiger partial charge in [0.25, 0.3) is 0 Å². The highest BCUT2D eigenvalue weighted by Gasteiger charge is 2.49. The van der Waals surface area contributed by atoms with Crippen molar-refractivity contribution in [3.63, 3.8) is 0 Å². The van der Waals surface area contributed by atoms with Crippen molar-refractivity contribution in [3.05, 3.63) is 45.7 Å². The van der Waals surface area contributed by atoms with Gasteiger partial charge in [0.05, 0.1) is 22.4 Å². The van der Waals surface area contributed by atoms with Gasteiger partial charge in [-0.1, -0.05) is 0 Å². The summed E-state index contributed by atoms with van der Waals surface area (Å²) in [6.45, 7) is 1.56. The van der Waals surface area contributed by atoms with Gasteiger partial charge in [0.1, 0.15) is 23.4 Å². The smallest absolute Gasteiger partial charge is 0.217 e. The van der Waals surface area contributed by atoms with E-state index in [0.717, 1.165) is 49.1 Å². The van der Waals surface area contributed by atoms with Crippen LogP contribution < -0.4 is 16.2 Å². The molecule has 4 N–H and O–H groups in total. The molecule has 1 saturated carbocycles. The van der Waals surface area contributed by atoms with Crippen LogP contribution in [0.15, 0.2) is 23.9 Å². The molecule has 6 rings (SSSR count). The van der Waals surface area contributed by atoms with E-state index in [1.807, 2.05) is 19.3 Å². The number of carbonyl (C=O) groups excluding carboxylic acids is 1. The van der Waals surface area contributed by atoms with Crippen LogP contribution in [0.25, 0.3) is 17.1 Å². The number of nitrogen functional groups attached to an aromatic ring is 1. The molecule has 1 saturated heterocycles. The maximum Gasteiger partial charge on any atom is 0.217 e. The quantitative estimate of drug-likeness (QED) is 0.448. The minimum atomic E-state index is -0.782. The Balaban J connectivity index is 1.41. The lowest BCUT2D eigenvalue weighted by molar-refractivity contribution is -0.122. The molecule has 0 radical (unpaired) electrons. The number of thiophene rings is 1. The molecule has 2 fully saturated rings. The minimum Gasteiger partial charge on any atom is -0.476 e. The van der Waals surface area contributed by atoms with Crippen LogP contribution in [0.4, 0.5) is 5.00 Å². The van der Waals surface area contributed by atoms with Crippen LogP contribution in [-0.2, 0) is 23.7 Å². The molecular formula is C29H34N8O2S. The molecule has 11 heteroatoms. The maximum absolute atomic E-state index is 14.3. The van der Waals surface area contributed by atoms with Crippen LogP contribution >= 0.6 is 11.3 Å². The van der Waals surface area contributed by atoms with E-state index < -0.39 is 5.41 Å². The fourth-order valence-electron chi connectivity index (χ4n) is 6.59. The van der Waals surface area contributed by atoms with Crippen molar-refractivity contribution in [3.8, 4) is 23.3 Å². The Hall–Kier alpha value is -3.75. The number of carbonyl (C=O) groups is 1. The average molecular weight is 559 g/mol. The van der Waals surface area contributed by atoms with Gasteiger partial charge in [-0.05, 0) is 76.6 Å². The van der Waals surface area contributed by atoms with Crippen molar-refractivity contribution in [2.75, 3.05) is 25.9 Å². The predicted octanol–water partition coefficient (Wildman–Crippen LogP) is 3.56. The first kappa shape index (κ1) is 26.5. The van der Waals surface area contributed by atoms with Gasteiger partial charge in [-0.2, -0.15) is 15.3 Å². The van der Waals surface area contributed by atoms with E-state index in [4.69, 9.17) is 21.2 Å². The number of allylic oxidation sites excluding steroid dienone is 1. The second-order valence-electron chi connectivity index (χ2n) is 11.1. The number of aryl methyl sites for hydroxylation is 2. The Labute approximate surface area is 237 Å². The Bertz CT molecular complexity index is 1550. The number of fused-ring (bicyclic) bond motifs is 2. The van der Waals surface area contributed by atoms with Crippen LogP contribution in [0.5, 0.6) is 5.88 Å². The lowest BCUT2D eigenvalue weighted by atomic mass is 9.61. The van der Waals surface area contributed by atoms with Gasteiger partial charge in [-0.25, -0.2) is 4.98 Å². The van der Waals surface area contributed by atoms with Crippen LogP contribution in [0.2, 0.25) is 0 Å². The minimum absolute atomic E-state index is 0.0339. The van der Waals surface area contributed by atoms with Crippen molar-refractivity contribution in [1.29, 1.82) is 5.26 Å². The molecule has 0 aromatic carbocycles. The Morgan fingerprint density at radius 2 is 2.02 bits per heavy atom. The normalized spacial score (nSPS) is 24.2. The molecule has 0 bridgehead atoms. The van der Waals surface area contributed by atoms with E-state index in [2.05, 4.69) is 28.1 Å². The summed E-state index contributed by atoms with van der Waals surface area (Å²) in [6.07, 6.45) is 8.44. The van der Waals surface area contributed by atoms with Crippen LogP contribution in [0.1, 0.15) is 66.8 Å². The third kappa shape index (κ3) is 4.45. The molecule has 3 aromatic rings. The third-order valence-corrected chi connectivity index (χ3v) is 9.76. The molecule has 4 heterocycles. The summed E-state index contributed by atoms with van der Waals surface area (Å²) in [4.78, 5) is 27.1. The summed E-state index contributed by atoms with van der Waals surface area (Å²) >= 11 is 1.44. The molecule has 3 aliphatic rings. The lowest BCUT2D eigenvalue weighted by Gasteiger charge is -2.40. The monoisotopic (exact) mass is 558 g/mol. The van der Waals surface area contributed by atoms with E-state index in [1.165, 1.54) is 11.3 Å². The maximum atomic E-state index is 14.3. The molecule has 208 valence electrons. The highest BCUT2D eigenvalue weighted by Crippen LogP contribution is 2.52. The Morgan fingerprint density at radius 1 is 1.23 bits per heavy atom. The zero-order valence-corrected chi connectivity index (χ0v) is 23.8. The van der Waals surface area contributed by atoms with Gasteiger partial charge >= 0.3 is 0 Å². The van der Waals surface area contributed by atoms with Crippen LogP contribution in [0, 0.1) is 11.3 Å². The summed E-state index contributed by atoms with van der Waals surface area (Å²) in [5.41, 5.74) is 15.5. The molecule has 0 unspecified atom stereocenters. The molecule has 0 amide bonds. The molecule has 40 heavy (non-hydrogen) atoms. The summed E-state index contributed by atoms with van der Waals surface area (Å²) < 4.78 is 7.89. The van der Waals surface area contributed by atoms with Gasteiger partial charge in [0.15, 0.2) is 11.6 Å². The molecule has 2 aliphatic carbocycles. The molecule has 10 nitrogen and oxygen atoms in total. The summed E-state index contributed by atoms with van der Waals surface area (Å²) in [6, 6.07) is 6.25. The fraction of sp³-hybridized carbons (Fsp3) is 0.483. The van der Waals surface area contributed by atoms with Gasteiger partial charge < -0.3 is 21.1 Å². The van der Waals surface area contributed by atoms with E-state index in [9.17, 15) is 10.1 Å². The van der Waals surface area contributed by atoms with Crippen LogP contribution in [0.3, 0.4) is 0 Å². The number of hydrogen-bond donors (Lipinski definition) is 2. The number of nitriles is 1. The Morgan fingerprint density at radius 3 is 2.73 bits per heavy atom. The zero-order chi connectivity index (χ0) is 28.0. The van der Waals surface area contributed by atoms with Crippen molar-refractivity contribution in [2.45, 2.75) is 62.8 Å². The van der Waals surface area contributed by atoms with Crippen LogP contribution in [-0.4, -0.2) is 56.7 Å². The molecule has 1 spiro atoms. The number of nitrogens with two attached hydrogens (primary N) is 2. The van der Waals surface area contributed by atoms with E-state index >= 15 is 0 Å². The van der Waals surface area contributed by atoms with E-state index in [1.54, 1.807) is 10.7 Å². The first-order chi connectivity index (χ1) is 19.3. The van der Waals surface area contributed by atoms with Gasteiger partial charge in [0, 0.05) is 35.8 Å². The summed E-state index contributed by atoms with van der Waals surface area (Å²) in [7, 11) is 3.95. The van der Waals surface area contributed by atoms with Gasteiger partial charge in [-0.15, -0.1) is 11.3 Å². The van der Waals surface area contributed by atoms with Crippen molar-refractivity contribution < 1.29 is 9.53 Å². The zero-order valence-electron chi connectivity index (χ0n) is 22.9. The molecular weight excluding hydrogens is 524 g/mol. The first-order valence-corrected chi connectivity index (χ1v) is 14.7. The number of nitrogens with zero attached hydrogens (tertiary/aromatic N) is 6. The number of ether oxygens (including phenoxy) is 1. The lowest BCUT2D eigenvalue weighted by Crippen LogP contribution is -2.43. The largest absolute Gasteiger partial charge is 0.476 e. The molecule has 3 aromatic heterocycles. The number of likely N-dealkylation sites (N-methyl/N-ethyl adjacent to an activating group) is 1. The van der Waals surface area contributed by atoms with Gasteiger partial charge in [-0.3, -0.25) is 9.48 Å². The molecule has 1 aliphatic heterocycles. The Kier molecular flexibility index (Phi) is 6.84. The molecule has 2 atom stereocenters. The average Bonchev–Trinajstić information content (AvgIpc) is 3.66.